The van der Waals surface area contributed by atoms with Gasteiger partial charge in [-0.05, 0) is 32.4 Å². The average molecular weight is 307 g/mol. The van der Waals surface area contributed by atoms with E-state index < -0.39 is 12.2 Å². The first-order chi connectivity index (χ1) is 10.5. The van der Waals surface area contributed by atoms with Crippen molar-refractivity contribution in [3.05, 3.63) is 30.0 Å². The fourth-order valence-electron chi connectivity index (χ4n) is 2.10. The van der Waals surface area contributed by atoms with Crippen molar-refractivity contribution in [2.75, 3.05) is 13.2 Å². The van der Waals surface area contributed by atoms with Gasteiger partial charge in [-0.2, -0.15) is 0 Å². The van der Waals surface area contributed by atoms with Gasteiger partial charge < -0.3 is 24.7 Å². The van der Waals surface area contributed by atoms with Crippen LogP contribution in [-0.2, 0) is 0 Å². The van der Waals surface area contributed by atoms with E-state index >= 15 is 0 Å². The Hall–Kier alpha value is -1.56. The van der Waals surface area contributed by atoms with Gasteiger partial charge in [0.05, 0.1) is 0 Å². The maximum absolute atomic E-state index is 9.96. The molecule has 1 heterocycles. The van der Waals surface area contributed by atoms with Gasteiger partial charge in [-0.15, -0.1) is 0 Å². The predicted octanol–water partition coefficient (Wildman–Crippen LogP) is 2.61. The van der Waals surface area contributed by atoms with Crippen molar-refractivity contribution in [2.24, 2.45) is 0 Å². The van der Waals surface area contributed by atoms with E-state index in [9.17, 15) is 10.2 Å². The molecule has 0 saturated carbocycles. The molecule has 0 radical (unpaired) electrons. The molecule has 0 aliphatic heterocycles. The number of benzene rings is 1. The highest BCUT2D eigenvalue weighted by molar-refractivity contribution is 5.83. The zero-order valence-corrected chi connectivity index (χ0v) is 13.4. The lowest BCUT2D eigenvalue weighted by molar-refractivity contribution is 0.104. The van der Waals surface area contributed by atoms with Gasteiger partial charge in [0.15, 0.2) is 11.3 Å². The van der Waals surface area contributed by atoms with E-state index in [1.807, 2.05) is 12.1 Å². The number of furan rings is 1. The molecule has 3 atom stereocenters. The van der Waals surface area contributed by atoms with Crippen LogP contribution < -0.4 is 10.1 Å². The Kier molecular flexibility index (Phi) is 5.83. The highest BCUT2D eigenvalue weighted by atomic mass is 16.5. The van der Waals surface area contributed by atoms with Crippen LogP contribution >= 0.6 is 0 Å². The Morgan fingerprint density at radius 3 is 2.73 bits per heavy atom. The second-order valence-corrected chi connectivity index (χ2v) is 5.68. The number of ether oxygens (including phenoxy) is 1. The molecule has 2 rings (SSSR count). The maximum Gasteiger partial charge on any atom is 0.176 e. The lowest BCUT2D eigenvalue weighted by Crippen LogP contribution is -2.36. The number of rotatable bonds is 8. The van der Waals surface area contributed by atoms with Crippen molar-refractivity contribution in [2.45, 2.75) is 45.4 Å². The third-order valence-corrected chi connectivity index (χ3v) is 3.68. The number of nitrogens with one attached hydrogen (secondary N) is 1. The predicted molar refractivity (Wildman–Crippen MR) is 86.1 cm³/mol. The first-order valence-electron chi connectivity index (χ1n) is 7.76. The fourth-order valence-corrected chi connectivity index (χ4v) is 2.10. The van der Waals surface area contributed by atoms with Gasteiger partial charge in [0.2, 0.25) is 0 Å². The average Bonchev–Trinajstić information content (AvgIpc) is 2.95. The molecule has 0 amide bonds. The number of hydrogen-bond donors (Lipinski definition) is 3. The van der Waals surface area contributed by atoms with Crippen molar-refractivity contribution in [1.82, 2.24) is 5.32 Å². The number of aliphatic hydroxyl groups excluding tert-OH is 2. The molecular formula is C17H25NO4. The van der Waals surface area contributed by atoms with Gasteiger partial charge in [0.25, 0.3) is 0 Å². The summed E-state index contributed by atoms with van der Waals surface area (Å²) < 4.78 is 11.3. The lowest BCUT2D eigenvalue weighted by atomic mass is 10.2. The molecular weight excluding hydrogens is 282 g/mol. The minimum atomic E-state index is -0.662. The molecule has 5 heteroatoms. The smallest absolute Gasteiger partial charge is 0.176 e. The normalized spacial score (nSPS) is 15.7. The van der Waals surface area contributed by atoms with Gasteiger partial charge >= 0.3 is 0 Å². The third-order valence-electron chi connectivity index (χ3n) is 3.68. The molecule has 0 fully saturated rings. The second-order valence-electron chi connectivity index (χ2n) is 5.68. The quantitative estimate of drug-likeness (QED) is 0.699. The lowest BCUT2D eigenvalue weighted by Gasteiger charge is -2.16. The first-order valence-corrected chi connectivity index (χ1v) is 7.76. The highest BCUT2D eigenvalue weighted by Gasteiger charge is 2.14. The van der Waals surface area contributed by atoms with E-state index in [-0.39, 0.29) is 6.61 Å². The molecule has 2 aromatic rings. The Bertz CT molecular complexity index is 593. The van der Waals surface area contributed by atoms with E-state index in [2.05, 4.69) is 19.2 Å². The van der Waals surface area contributed by atoms with Crippen molar-refractivity contribution < 1.29 is 19.4 Å². The minimum Gasteiger partial charge on any atom is -0.487 e. The Morgan fingerprint density at radius 2 is 2.05 bits per heavy atom. The maximum atomic E-state index is 9.96. The van der Waals surface area contributed by atoms with Crippen LogP contribution in [0.5, 0.6) is 5.75 Å². The standard InChI is InChI=1S/C17H25NO4/c1-4-11(2)18-9-14(20)10-21-15-7-5-6-13-8-16(12(3)19)22-17(13)15/h5-8,11-12,14,18-20H,4,9-10H2,1-3H3. The largest absolute Gasteiger partial charge is 0.487 e. The summed E-state index contributed by atoms with van der Waals surface area (Å²) in [5.41, 5.74) is 0.598. The molecule has 22 heavy (non-hydrogen) atoms. The molecule has 122 valence electrons. The van der Waals surface area contributed by atoms with Crippen molar-refractivity contribution in [3.63, 3.8) is 0 Å². The van der Waals surface area contributed by atoms with Gasteiger partial charge in [0.1, 0.15) is 24.6 Å². The summed E-state index contributed by atoms with van der Waals surface area (Å²) in [7, 11) is 0. The number of para-hydroxylation sites is 1. The zero-order chi connectivity index (χ0) is 16.1. The van der Waals surface area contributed by atoms with Crippen LogP contribution in [0.3, 0.4) is 0 Å². The third kappa shape index (κ3) is 4.22. The van der Waals surface area contributed by atoms with E-state index in [0.717, 1.165) is 11.8 Å². The first kappa shape index (κ1) is 16.8. The number of fused-ring (bicyclic) bond motifs is 1. The van der Waals surface area contributed by atoms with Crippen LogP contribution in [0.25, 0.3) is 11.0 Å². The molecule has 1 aromatic heterocycles. The molecule has 1 aromatic carbocycles. The fraction of sp³-hybridized carbons (Fsp3) is 0.529. The van der Waals surface area contributed by atoms with Gasteiger partial charge in [0, 0.05) is 18.0 Å². The molecule has 0 bridgehead atoms. The van der Waals surface area contributed by atoms with Crippen LogP contribution in [-0.4, -0.2) is 35.5 Å². The van der Waals surface area contributed by atoms with Gasteiger partial charge in [-0.1, -0.05) is 19.1 Å². The van der Waals surface area contributed by atoms with Gasteiger partial charge in [-0.25, -0.2) is 0 Å². The van der Waals surface area contributed by atoms with Gasteiger partial charge in [-0.3, -0.25) is 0 Å². The van der Waals surface area contributed by atoms with Crippen LogP contribution in [0.15, 0.2) is 28.7 Å². The summed E-state index contributed by atoms with van der Waals surface area (Å²) in [6, 6.07) is 7.73. The van der Waals surface area contributed by atoms with Crippen molar-refractivity contribution in [3.8, 4) is 5.75 Å². The molecule has 3 N–H and O–H groups in total. The summed E-state index contributed by atoms with van der Waals surface area (Å²) in [5.74, 6) is 1.08. The van der Waals surface area contributed by atoms with E-state index in [0.29, 0.717) is 29.7 Å². The van der Waals surface area contributed by atoms with Crippen molar-refractivity contribution in [1.29, 1.82) is 0 Å². The second kappa shape index (κ2) is 7.63. The summed E-state index contributed by atoms with van der Waals surface area (Å²) in [6.07, 6.45) is -0.234. The molecule has 5 nitrogen and oxygen atoms in total. The molecule has 3 unspecified atom stereocenters. The summed E-state index contributed by atoms with van der Waals surface area (Å²) in [6.45, 7) is 6.50. The van der Waals surface area contributed by atoms with E-state index in [1.165, 1.54) is 0 Å². The zero-order valence-electron chi connectivity index (χ0n) is 13.4. The van der Waals surface area contributed by atoms with Crippen LogP contribution in [0, 0.1) is 0 Å². The molecule has 0 spiro atoms. The van der Waals surface area contributed by atoms with Crippen LogP contribution in [0.4, 0.5) is 0 Å². The Balaban J connectivity index is 1.99. The molecule has 0 aliphatic rings. The summed E-state index contributed by atoms with van der Waals surface area (Å²) >= 11 is 0. The Morgan fingerprint density at radius 1 is 1.27 bits per heavy atom. The molecule has 0 aliphatic carbocycles. The van der Waals surface area contributed by atoms with E-state index in [1.54, 1.807) is 19.1 Å². The Labute approximate surface area is 130 Å². The molecule has 0 saturated heterocycles. The number of aliphatic hydroxyl groups is 2. The summed E-state index contributed by atoms with van der Waals surface area (Å²) in [5, 5.41) is 23.7. The topological polar surface area (TPSA) is 74.9 Å². The van der Waals surface area contributed by atoms with Crippen LogP contribution in [0.1, 0.15) is 39.1 Å². The minimum absolute atomic E-state index is 0.188. The monoisotopic (exact) mass is 307 g/mol. The SMILES string of the molecule is CCC(C)NCC(O)COc1cccc2cc(C(C)O)oc12. The summed E-state index contributed by atoms with van der Waals surface area (Å²) in [4.78, 5) is 0. The van der Waals surface area contributed by atoms with E-state index in [4.69, 9.17) is 9.15 Å². The number of hydrogen-bond acceptors (Lipinski definition) is 5. The van der Waals surface area contributed by atoms with Crippen LogP contribution in [0.2, 0.25) is 0 Å². The van der Waals surface area contributed by atoms with Crippen molar-refractivity contribution >= 4 is 11.0 Å². The highest BCUT2D eigenvalue weighted by Crippen LogP contribution is 2.31.